The fourth-order valence-electron chi connectivity index (χ4n) is 2.53. The molecule has 2 heterocycles. The topological polar surface area (TPSA) is 85.3 Å². The summed E-state index contributed by atoms with van der Waals surface area (Å²) in [5.74, 6) is 2.02. The Kier molecular flexibility index (Phi) is 4.29. The standard InChI is InChI=1S/C17H18N2O4S/c1-11-4-7-15(22-11)10-18-24(20,21)16-8-5-14(6-9-16)17-12(2)19-23-13(17)3/h4-9,18H,10H2,1-3H3. The third-order valence-electron chi connectivity index (χ3n) is 3.72. The number of aromatic nitrogens is 1. The van der Waals surface area contributed by atoms with Crippen LogP contribution in [-0.2, 0) is 16.6 Å². The molecule has 0 unspecified atom stereocenters. The van der Waals surface area contributed by atoms with Gasteiger partial charge in [-0.05, 0) is 50.6 Å². The number of hydrogen-bond donors (Lipinski definition) is 1. The number of hydrogen-bond acceptors (Lipinski definition) is 5. The first kappa shape index (κ1) is 16.5. The average Bonchev–Trinajstić information content (AvgIpc) is 3.11. The minimum Gasteiger partial charge on any atom is -0.465 e. The Bertz CT molecular complexity index is 933. The number of nitrogens with one attached hydrogen (secondary N) is 1. The highest BCUT2D eigenvalue weighted by Gasteiger charge is 2.16. The van der Waals surface area contributed by atoms with Crippen LogP contribution < -0.4 is 4.72 Å². The number of nitrogens with zero attached hydrogens (tertiary/aromatic N) is 1. The summed E-state index contributed by atoms with van der Waals surface area (Å²) in [5, 5.41) is 3.91. The number of sulfonamides is 1. The monoisotopic (exact) mass is 346 g/mol. The van der Waals surface area contributed by atoms with E-state index in [0.717, 1.165) is 22.6 Å². The van der Waals surface area contributed by atoms with Crippen LogP contribution in [0.15, 0.2) is 50.2 Å². The Morgan fingerprint density at radius 1 is 1.04 bits per heavy atom. The van der Waals surface area contributed by atoms with Crippen LogP contribution in [0.1, 0.15) is 23.0 Å². The second kappa shape index (κ2) is 6.26. The second-order valence-electron chi connectivity index (χ2n) is 5.56. The first-order valence-corrected chi connectivity index (χ1v) is 8.93. The fraction of sp³-hybridized carbons (Fsp3) is 0.235. The van der Waals surface area contributed by atoms with Gasteiger partial charge in [-0.15, -0.1) is 0 Å². The Hall–Kier alpha value is -2.38. The van der Waals surface area contributed by atoms with E-state index in [0.29, 0.717) is 11.5 Å². The molecule has 0 aliphatic heterocycles. The maximum absolute atomic E-state index is 12.4. The fourth-order valence-corrected chi connectivity index (χ4v) is 3.52. The lowest BCUT2D eigenvalue weighted by Crippen LogP contribution is -2.22. The Morgan fingerprint density at radius 3 is 2.29 bits per heavy atom. The summed E-state index contributed by atoms with van der Waals surface area (Å²) in [6.45, 7) is 5.60. The lowest BCUT2D eigenvalue weighted by Gasteiger charge is -2.07. The van der Waals surface area contributed by atoms with Crippen LogP contribution in [0.5, 0.6) is 0 Å². The van der Waals surface area contributed by atoms with Crippen LogP contribution >= 0.6 is 0 Å². The van der Waals surface area contributed by atoms with E-state index in [9.17, 15) is 8.42 Å². The van der Waals surface area contributed by atoms with Crippen molar-refractivity contribution in [3.8, 4) is 11.1 Å². The minimum atomic E-state index is -3.60. The molecule has 0 atom stereocenters. The molecule has 0 aliphatic rings. The Balaban J connectivity index is 1.79. The second-order valence-corrected chi connectivity index (χ2v) is 7.33. The van der Waals surface area contributed by atoms with Gasteiger partial charge in [-0.2, -0.15) is 0 Å². The summed E-state index contributed by atoms with van der Waals surface area (Å²) >= 11 is 0. The van der Waals surface area contributed by atoms with E-state index in [2.05, 4.69) is 9.88 Å². The summed E-state index contributed by atoms with van der Waals surface area (Å²) in [4.78, 5) is 0.196. The molecule has 0 aliphatic carbocycles. The molecular weight excluding hydrogens is 328 g/mol. The highest BCUT2D eigenvalue weighted by molar-refractivity contribution is 7.89. The SMILES string of the molecule is Cc1ccc(CNS(=O)(=O)c2ccc(-c3c(C)noc3C)cc2)o1. The molecule has 7 heteroatoms. The molecule has 0 saturated heterocycles. The van der Waals surface area contributed by atoms with E-state index in [1.165, 1.54) is 0 Å². The van der Waals surface area contributed by atoms with Crippen LogP contribution in [0.3, 0.4) is 0 Å². The highest BCUT2D eigenvalue weighted by atomic mass is 32.2. The zero-order valence-electron chi connectivity index (χ0n) is 13.7. The molecule has 3 rings (SSSR count). The van der Waals surface area contributed by atoms with Gasteiger partial charge >= 0.3 is 0 Å². The number of aryl methyl sites for hydroxylation is 3. The van der Waals surface area contributed by atoms with Gasteiger partial charge < -0.3 is 8.94 Å². The first-order chi connectivity index (χ1) is 11.4. The van der Waals surface area contributed by atoms with Gasteiger partial charge in [0.15, 0.2) is 0 Å². The Labute approximate surface area is 140 Å². The average molecular weight is 346 g/mol. The normalized spacial score (nSPS) is 11.8. The van der Waals surface area contributed by atoms with Crippen molar-refractivity contribution in [1.82, 2.24) is 9.88 Å². The summed E-state index contributed by atoms with van der Waals surface area (Å²) in [5.41, 5.74) is 2.53. The minimum absolute atomic E-state index is 0.113. The number of rotatable bonds is 5. The van der Waals surface area contributed by atoms with Gasteiger partial charge in [0.1, 0.15) is 17.3 Å². The van der Waals surface area contributed by atoms with Gasteiger partial charge in [-0.3, -0.25) is 0 Å². The largest absolute Gasteiger partial charge is 0.465 e. The van der Waals surface area contributed by atoms with Crippen LogP contribution in [0, 0.1) is 20.8 Å². The molecule has 2 aromatic heterocycles. The zero-order chi connectivity index (χ0) is 17.3. The molecule has 1 N–H and O–H groups in total. The molecule has 0 fully saturated rings. The third-order valence-corrected chi connectivity index (χ3v) is 5.14. The van der Waals surface area contributed by atoms with Gasteiger partial charge in [-0.25, -0.2) is 13.1 Å². The van der Waals surface area contributed by atoms with Crippen molar-refractivity contribution in [1.29, 1.82) is 0 Å². The molecule has 0 radical (unpaired) electrons. The predicted molar refractivity (Wildman–Crippen MR) is 88.9 cm³/mol. The molecular formula is C17H18N2O4S. The molecule has 3 aromatic rings. The molecule has 6 nitrogen and oxygen atoms in total. The zero-order valence-corrected chi connectivity index (χ0v) is 14.5. The van der Waals surface area contributed by atoms with Gasteiger partial charge in [0, 0.05) is 5.56 Å². The van der Waals surface area contributed by atoms with E-state index < -0.39 is 10.0 Å². The van der Waals surface area contributed by atoms with Crippen LogP contribution in [0.25, 0.3) is 11.1 Å². The van der Waals surface area contributed by atoms with Gasteiger partial charge in [0.2, 0.25) is 10.0 Å². The molecule has 0 bridgehead atoms. The van der Waals surface area contributed by atoms with Crippen molar-refractivity contribution < 1.29 is 17.4 Å². The van der Waals surface area contributed by atoms with Crippen molar-refractivity contribution in [3.05, 3.63) is 59.4 Å². The number of furan rings is 1. The summed E-state index contributed by atoms with van der Waals surface area (Å²) < 4.78 is 37.8. The smallest absolute Gasteiger partial charge is 0.240 e. The quantitative estimate of drug-likeness (QED) is 0.766. The first-order valence-electron chi connectivity index (χ1n) is 7.45. The molecule has 24 heavy (non-hydrogen) atoms. The van der Waals surface area contributed by atoms with Crippen molar-refractivity contribution in [2.75, 3.05) is 0 Å². The molecule has 126 valence electrons. The highest BCUT2D eigenvalue weighted by Crippen LogP contribution is 2.27. The lowest BCUT2D eigenvalue weighted by atomic mass is 10.0. The lowest BCUT2D eigenvalue weighted by molar-refractivity contribution is 0.393. The van der Waals surface area contributed by atoms with Crippen LogP contribution in [0.4, 0.5) is 0 Å². The van der Waals surface area contributed by atoms with Crippen molar-refractivity contribution in [2.24, 2.45) is 0 Å². The van der Waals surface area contributed by atoms with E-state index in [1.807, 2.05) is 20.8 Å². The maximum Gasteiger partial charge on any atom is 0.240 e. The van der Waals surface area contributed by atoms with Gasteiger partial charge in [-0.1, -0.05) is 17.3 Å². The van der Waals surface area contributed by atoms with E-state index in [4.69, 9.17) is 8.94 Å². The summed E-state index contributed by atoms with van der Waals surface area (Å²) in [7, 11) is -3.60. The van der Waals surface area contributed by atoms with Gasteiger partial charge in [0.25, 0.3) is 0 Å². The van der Waals surface area contributed by atoms with Crippen molar-refractivity contribution in [3.63, 3.8) is 0 Å². The van der Waals surface area contributed by atoms with E-state index in [-0.39, 0.29) is 11.4 Å². The maximum atomic E-state index is 12.4. The van der Waals surface area contributed by atoms with Crippen LogP contribution in [0.2, 0.25) is 0 Å². The van der Waals surface area contributed by atoms with Gasteiger partial charge in [0.05, 0.1) is 17.1 Å². The third kappa shape index (κ3) is 3.27. The summed E-state index contributed by atoms with van der Waals surface area (Å²) in [6.07, 6.45) is 0. The molecule has 0 saturated carbocycles. The van der Waals surface area contributed by atoms with Crippen molar-refractivity contribution >= 4 is 10.0 Å². The predicted octanol–water partition coefficient (Wildman–Crippen LogP) is 3.34. The summed E-state index contributed by atoms with van der Waals surface area (Å²) in [6, 6.07) is 10.2. The van der Waals surface area contributed by atoms with Crippen molar-refractivity contribution in [2.45, 2.75) is 32.2 Å². The molecule has 0 amide bonds. The van der Waals surface area contributed by atoms with E-state index >= 15 is 0 Å². The number of benzene rings is 1. The molecule has 0 spiro atoms. The van der Waals surface area contributed by atoms with E-state index in [1.54, 1.807) is 36.4 Å². The molecule has 1 aromatic carbocycles. The Morgan fingerprint density at radius 2 is 1.75 bits per heavy atom. The van der Waals surface area contributed by atoms with Crippen LogP contribution in [-0.4, -0.2) is 13.6 Å².